The number of hydrogen-bond donors (Lipinski definition) is 0. The second kappa shape index (κ2) is 27.4. The first-order valence-electron chi connectivity index (χ1n) is 23.6. The lowest BCUT2D eigenvalue weighted by atomic mass is 9.75. The zero-order valence-electron chi connectivity index (χ0n) is 39.8. The van der Waals surface area contributed by atoms with Crippen LogP contribution in [0.3, 0.4) is 0 Å². The van der Waals surface area contributed by atoms with Crippen molar-refractivity contribution in [1.82, 2.24) is 4.57 Å². The van der Waals surface area contributed by atoms with Gasteiger partial charge in [0.1, 0.15) is 24.4 Å². The largest absolute Gasteiger partial charge is 0.486 e. The molecule has 7 rings (SSSR count). The highest BCUT2D eigenvalue weighted by Crippen LogP contribution is 2.43. The van der Waals surface area contributed by atoms with Crippen LogP contribution in [-0.4, -0.2) is 73.0 Å². The van der Waals surface area contributed by atoms with E-state index in [2.05, 4.69) is 0 Å². The molecule has 0 bridgehead atoms. The van der Waals surface area contributed by atoms with E-state index in [0.29, 0.717) is 32.0 Å². The highest BCUT2D eigenvalue weighted by molar-refractivity contribution is 5.71. The standard InChI is InChI=1S/C57H60N2O12/c1-44-31-53(59(62)63)54(70-37-49-27-15-6-16-28-49)32-57(44,71-56(61)58-30-18-17-29-55(58)60)50(38-68-51(40-64-33-45-19-7-2-8-20-45)41-65-34-46-21-9-3-10-22-46)39-69-52(42-66-35-47-23-11-4-12-24-47)43-67-36-48-25-13-5-14-26-48/h2-31,50-52H,32-43H2,1H3. The lowest BCUT2D eigenvalue weighted by molar-refractivity contribution is -0.423. The minimum Gasteiger partial charge on any atom is -0.486 e. The maximum atomic E-state index is 14.4. The van der Waals surface area contributed by atoms with Gasteiger partial charge in [-0.05, 0) is 46.4 Å². The molecule has 0 aliphatic heterocycles. The van der Waals surface area contributed by atoms with Crippen molar-refractivity contribution in [1.29, 1.82) is 0 Å². The molecule has 1 atom stereocenters. The first kappa shape index (κ1) is 51.8. The van der Waals surface area contributed by atoms with Crippen LogP contribution in [0, 0.1) is 16.0 Å². The first-order chi connectivity index (χ1) is 34.8. The zero-order chi connectivity index (χ0) is 49.5. The molecule has 6 aromatic rings. The maximum Gasteiger partial charge on any atom is 0.421 e. The summed E-state index contributed by atoms with van der Waals surface area (Å²) in [7, 11) is 0. The van der Waals surface area contributed by atoms with E-state index in [1.165, 1.54) is 30.5 Å². The molecule has 14 nitrogen and oxygen atoms in total. The predicted octanol–water partition coefficient (Wildman–Crippen LogP) is 9.88. The first-order valence-corrected chi connectivity index (χ1v) is 23.6. The number of allylic oxidation sites excluding steroid dienone is 1. The van der Waals surface area contributed by atoms with Gasteiger partial charge in [-0.2, -0.15) is 0 Å². The van der Waals surface area contributed by atoms with Crippen molar-refractivity contribution >= 4 is 6.09 Å². The molecule has 370 valence electrons. The van der Waals surface area contributed by atoms with E-state index in [-0.39, 0.29) is 64.1 Å². The molecule has 71 heavy (non-hydrogen) atoms. The second-order valence-electron chi connectivity index (χ2n) is 17.1. The average molecular weight is 965 g/mol. The lowest BCUT2D eigenvalue weighted by Crippen LogP contribution is -2.52. The van der Waals surface area contributed by atoms with E-state index in [1.54, 1.807) is 6.92 Å². The Kier molecular flexibility index (Phi) is 20.0. The van der Waals surface area contributed by atoms with Crippen LogP contribution in [0.2, 0.25) is 0 Å². The summed E-state index contributed by atoms with van der Waals surface area (Å²) in [5.41, 5.74) is 2.27. The summed E-state index contributed by atoms with van der Waals surface area (Å²) in [6.07, 6.45) is 0.0400. The van der Waals surface area contributed by atoms with Crippen molar-refractivity contribution in [3.8, 4) is 0 Å². The number of hydrogen-bond acceptors (Lipinski definition) is 12. The molecule has 1 aromatic heterocycles. The summed E-state index contributed by atoms with van der Waals surface area (Å²) in [6.45, 7) is 3.09. The summed E-state index contributed by atoms with van der Waals surface area (Å²) in [5.74, 6) is -0.951. The maximum absolute atomic E-state index is 14.4. The predicted molar refractivity (Wildman–Crippen MR) is 266 cm³/mol. The van der Waals surface area contributed by atoms with Crippen LogP contribution >= 0.6 is 0 Å². The molecule has 14 heteroatoms. The zero-order valence-corrected chi connectivity index (χ0v) is 39.8. The van der Waals surface area contributed by atoms with Crippen molar-refractivity contribution in [2.45, 2.75) is 64.2 Å². The Labute approximate surface area is 414 Å². The van der Waals surface area contributed by atoms with E-state index in [1.807, 2.05) is 152 Å². The molecule has 0 N–H and O–H groups in total. The topological polar surface area (TPSA) is 156 Å². The van der Waals surface area contributed by atoms with Gasteiger partial charge in [0, 0.05) is 18.3 Å². The third-order valence-electron chi connectivity index (χ3n) is 11.9. The monoisotopic (exact) mass is 964 g/mol. The number of pyridine rings is 1. The van der Waals surface area contributed by atoms with Gasteiger partial charge in [-0.1, -0.05) is 158 Å². The van der Waals surface area contributed by atoms with Crippen molar-refractivity contribution in [3.05, 3.63) is 247 Å². The van der Waals surface area contributed by atoms with E-state index >= 15 is 0 Å². The fourth-order valence-corrected chi connectivity index (χ4v) is 7.99. The molecular weight excluding hydrogens is 905 g/mol. The van der Waals surface area contributed by atoms with Crippen molar-refractivity contribution < 1.29 is 47.6 Å². The Morgan fingerprint density at radius 2 is 0.944 bits per heavy atom. The van der Waals surface area contributed by atoms with Gasteiger partial charge in [0.25, 0.3) is 5.56 Å². The fourth-order valence-electron chi connectivity index (χ4n) is 7.99. The van der Waals surface area contributed by atoms with Gasteiger partial charge in [-0.15, -0.1) is 0 Å². The molecule has 0 spiro atoms. The SMILES string of the molecule is CC1=CC([N+](=O)[O-])=C(OCc2ccccc2)CC1(OC(=O)n1ccccc1=O)C(COC(COCc1ccccc1)COCc1ccccc1)COC(COCc1ccccc1)COCc1ccccc1. The third-order valence-corrected chi connectivity index (χ3v) is 11.9. The minimum absolute atomic E-state index is 0.0145. The van der Waals surface area contributed by atoms with E-state index in [0.717, 1.165) is 32.4 Å². The van der Waals surface area contributed by atoms with Gasteiger partial charge in [0.2, 0.25) is 0 Å². The number of ether oxygens (including phenoxy) is 8. The fraction of sp³-hybridized carbons (Fsp3) is 0.298. The summed E-state index contributed by atoms with van der Waals surface area (Å²) < 4.78 is 52.3. The van der Waals surface area contributed by atoms with E-state index in [4.69, 9.17) is 37.9 Å². The number of nitro groups is 1. The Morgan fingerprint density at radius 3 is 1.32 bits per heavy atom. The number of benzene rings is 5. The molecule has 0 fully saturated rings. The van der Waals surface area contributed by atoms with Gasteiger partial charge in [0.05, 0.1) is 83.3 Å². The molecule has 0 saturated heterocycles. The van der Waals surface area contributed by atoms with Gasteiger partial charge >= 0.3 is 11.8 Å². The summed E-state index contributed by atoms with van der Waals surface area (Å²) in [5, 5.41) is 12.8. The quantitative estimate of drug-likeness (QED) is 0.0339. The van der Waals surface area contributed by atoms with Crippen LogP contribution in [0.1, 0.15) is 41.2 Å². The number of aromatic nitrogens is 1. The minimum atomic E-state index is -1.75. The molecule has 0 amide bonds. The van der Waals surface area contributed by atoms with Gasteiger partial charge in [-0.25, -0.2) is 9.36 Å². The van der Waals surface area contributed by atoms with Crippen molar-refractivity contribution in [2.75, 3.05) is 39.6 Å². The normalized spacial score (nSPS) is 14.7. The summed E-state index contributed by atoms with van der Waals surface area (Å²) in [4.78, 5) is 39.9. The number of carbonyl (C=O) groups is 1. The molecule has 0 radical (unpaired) electrons. The summed E-state index contributed by atoms with van der Waals surface area (Å²) >= 11 is 0. The Morgan fingerprint density at radius 1 is 0.563 bits per heavy atom. The van der Waals surface area contributed by atoms with Gasteiger partial charge in [0.15, 0.2) is 5.76 Å². The Balaban J connectivity index is 1.23. The smallest absolute Gasteiger partial charge is 0.421 e. The average Bonchev–Trinajstić information content (AvgIpc) is 3.40. The number of rotatable bonds is 28. The molecule has 1 unspecified atom stereocenters. The van der Waals surface area contributed by atoms with Crippen LogP contribution in [0.15, 0.2) is 204 Å². The van der Waals surface area contributed by atoms with E-state index < -0.39 is 40.3 Å². The van der Waals surface area contributed by atoms with Crippen molar-refractivity contribution in [3.63, 3.8) is 0 Å². The van der Waals surface area contributed by atoms with Crippen molar-refractivity contribution in [2.24, 2.45) is 5.92 Å². The van der Waals surface area contributed by atoms with Gasteiger partial charge in [-0.3, -0.25) is 14.9 Å². The molecule has 1 aliphatic rings. The number of nitrogens with zero attached hydrogens (tertiary/aromatic N) is 2. The summed E-state index contributed by atoms with van der Waals surface area (Å²) in [6, 6.07) is 52.5. The molecular formula is C57H60N2O12. The van der Waals surface area contributed by atoms with Gasteiger partial charge < -0.3 is 37.9 Å². The lowest BCUT2D eigenvalue weighted by Gasteiger charge is -2.43. The second-order valence-corrected chi connectivity index (χ2v) is 17.1. The van der Waals surface area contributed by atoms with Crippen LogP contribution in [0.25, 0.3) is 0 Å². The van der Waals surface area contributed by atoms with Crippen LogP contribution in [0.5, 0.6) is 0 Å². The number of carbonyl (C=O) groups excluding carboxylic acids is 1. The third kappa shape index (κ3) is 16.0. The van der Waals surface area contributed by atoms with Crippen LogP contribution in [-0.2, 0) is 70.9 Å². The molecule has 1 heterocycles. The highest BCUT2D eigenvalue weighted by Gasteiger charge is 2.51. The van der Waals surface area contributed by atoms with Crippen LogP contribution in [0.4, 0.5) is 4.79 Å². The molecule has 0 saturated carbocycles. The Hall–Kier alpha value is -7.04. The molecule has 5 aromatic carbocycles. The Bertz CT molecular complexity index is 2480. The highest BCUT2D eigenvalue weighted by atomic mass is 16.6. The molecule has 1 aliphatic carbocycles. The van der Waals surface area contributed by atoms with E-state index in [9.17, 15) is 19.7 Å². The van der Waals surface area contributed by atoms with Crippen LogP contribution < -0.4 is 5.56 Å².